The summed E-state index contributed by atoms with van der Waals surface area (Å²) in [5.74, 6) is -3.12. The Kier molecular flexibility index (Phi) is 17.5. The molecular formula is C43H52N8O10. The highest BCUT2D eigenvalue weighted by Crippen LogP contribution is 2.44. The number of rotatable bonds is 21. The van der Waals surface area contributed by atoms with E-state index >= 15 is 0 Å². The number of hydrogen-bond acceptors (Lipinski definition) is 10. The fourth-order valence-corrected chi connectivity index (χ4v) is 6.58. The molecular weight excluding hydrogens is 789 g/mol. The third-order valence-corrected chi connectivity index (χ3v) is 9.57. The molecule has 0 spiro atoms. The number of Topliss-reactive ketones (excluding diaryl/α,β-unsaturated/α-hetero) is 1. The summed E-state index contributed by atoms with van der Waals surface area (Å²) in [5.41, 5.74) is 18.8. The lowest BCUT2D eigenvalue weighted by atomic mass is 9.98. The van der Waals surface area contributed by atoms with Crippen LogP contribution in [0.15, 0.2) is 72.8 Å². The van der Waals surface area contributed by atoms with Crippen LogP contribution in [0.2, 0.25) is 0 Å². The number of nitrogens with two attached hydrogens (primary N) is 1. The van der Waals surface area contributed by atoms with Gasteiger partial charge in [0.1, 0.15) is 31.3 Å². The Hall–Kier alpha value is -7.07. The Labute approximate surface area is 353 Å². The van der Waals surface area contributed by atoms with Crippen molar-refractivity contribution in [2.24, 2.45) is 11.7 Å². The monoisotopic (exact) mass is 840 g/mol. The molecule has 0 aromatic heterocycles. The van der Waals surface area contributed by atoms with Gasteiger partial charge in [-0.2, -0.15) is 4.79 Å². The van der Waals surface area contributed by atoms with E-state index in [2.05, 4.69) is 31.4 Å². The lowest BCUT2D eigenvalue weighted by Gasteiger charge is -2.25. The fraction of sp³-hybridized carbons (Fsp3) is 0.395. The molecule has 0 heterocycles. The summed E-state index contributed by atoms with van der Waals surface area (Å²) in [6.07, 6.45) is -1.51. The van der Waals surface area contributed by atoms with Gasteiger partial charge in [0.05, 0.1) is 6.10 Å². The molecule has 1 aliphatic rings. The number of urea groups is 1. The van der Waals surface area contributed by atoms with Crippen LogP contribution in [0.5, 0.6) is 0 Å². The molecule has 0 fully saturated rings. The van der Waals surface area contributed by atoms with Crippen molar-refractivity contribution < 1.29 is 52.6 Å². The minimum atomic E-state index is -1.21. The van der Waals surface area contributed by atoms with Crippen LogP contribution in [0.1, 0.15) is 76.0 Å². The van der Waals surface area contributed by atoms with Gasteiger partial charge in [-0.15, -0.1) is 0 Å². The molecule has 0 saturated heterocycles. The van der Waals surface area contributed by atoms with Crippen LogP contribution in [-0.2, 0) is 40.0 Å². The SMILES string of the molecule is CC(C)OC(=O)[C@H](CCC(=O)C=[N+]=[N-])NC(=O)OCc1ccc(NC(=O)[C@H](CCCNC(N)=O)NC(=O)[C@@H](NC(=O)OCC2c3ccccc3-c3ccccc32)C(C)C)cc1. The van der Waals surface area contributed by atoms with Gasteiger partial charge in [-0.1, -0.05) is 74.5 Å². The standard InChI is InChI=1S/C43H52N8O10/c1-25(2)37(51-43(58)60-24-34-32-12-7-5-10-30(32)31-11-6-8-13-33(31)34)39(54)49-35(14-9-21-46-41(44)56)38(53)48-28-17-15-27(16-18-28)23-59-42(57)50-36(40(55)61-26(3)4)20-19-29(52)22-47-45/h5-8,10-13,15-18,22,25-26,34-37H,9,14,19-21,23-24H2,1-4H3,(H,48,53)(H,49,54)(H,50,57)(H,51,58)(H3,44,46,56)/t35-,36-,37-/m0/s1. The van der Waals surface area contributed by atoms with Crippen molar-refractivity contribution in [1.29, 1.82) is 0 Å². The van der Waals surface area contributed by atoms with Gasteiger partial charge in [0.25, 0.3) is 0 Å². The van der Waals surface area contributed by atoms with Gasteiger partial charge < -0.3 is 52.1 Å². The molecule has 0 saturated carbocycles. The summed E-state index contributed by atoms with van der Waals surface area (Å²) in [6, 6.07) is 18.0. The van der Waals surface area contributed by atoms with Gasteiger partial charge in [-0.3, -0.25) is 14.4 Å². The summed E-state index contributed by atoms with van der Waals surface area (Å²) >= 11 is 0. The summed E-state index contributed by atoms with van der Waals surface area (Å²) in [5, 5.41) is 13.0. The number of nitrogens with zero attached hydrogens (tertiary/aromatic N) is 2. The van der Waals surface area contributed by atoms with Crippen molar-refractivity contribution in [2.75, 3.05) is 18.5 Å². The summed E-state index contributed by atoms with van der Waals surface area (Å²) in [7, 11) is 0. The van der Waals surface area contributed by atoms with E-state index < -0.39 is 71.9 Å². The number of amides is 6. The number of esters is 1. The topological polar surface area (TPSA) is 270 Å². The number of benzene rings is 3. The third-order valence-electron chi connectivity index (χ3n) is 9.57. The number of carbonyl (C=O) groups excluding carboxylic acids is 7. The zero-order valence-electron chi connectivity index (χ0n) is 34.5. The first-order valence-corrected chi connectivity index (χ1v) is 19.9. The molecule has 0 bridgehead atoms. The molecule has 3 atom stereocenters. The molecule has 7 N–H and O–H groups in total. The van der Waals surface area contributed by atoms with E-state index in [1.807, 2.05) is 48.5 Å². The molecule has 6 amide bonds. The predicted octanol–water partition coefficient (Wildman–Crippen LogP) is 4.32. The molecule has 324 valence electrons. The van der Waals surface area contributed by atoms with Gasteiger partial charge in [-0.25, -0.2) is 19.2 Å². The minimum absolute atomic E-state index is 0.0456. The lowest BCUT2D eigenvalue weighted by Crippen LogP contribution is -2.54. The quantitative estimate of drug-likeness (QED) is 0.0221. The molecule has 1 aliphatic carbocycles. The lowest BCUT2D eigenvalue weighted by molar-refractivity contribution is -0.150. The maximum Gasteiger partial charge on any atom is 0.408 e. The number of fused-ring (bicyclic) bond motifs is 3. The number of carbonyl (C=O) groups is 7. The normalized spacial score (nSPS) is 13.0. The molecule has 18 nitrogen and oxygen atoms in total. The maximum absolute atomic E-state index is 13.7. The van der Waals surface area contributed by atoms with Crippen LogP contribution < -0.4 is 32.3 Å². The first kappa shape index (κ1) is 46.6. The van der Waals surface area contributed by atoms with Crippen LogP contribution in [0.25, 0.3) is 16.7 Å². The molecule has 3 aromatic rings. The third kappa shape index (κ3) is 14.3. The molecule has 0 aliphatic heterocycles. The van der Waals surface area contributed by atoms with Crippen molar-refractivity contribution in [2.45, 2.75) is 90.1 Å². The second-order valence-corrected chi connectivity index (χ2v) is 14.9. The second kappa shape index (κ2) is 22.9. The second-order valence-electron chi connectivity index (χ2n) is 14.9. The van der Waals surface area contributed by atoms with E-state index in [1.165, 1.54) is 0 Å². The average molecular weight is 841 g/mol. The van der Waals surface area contributed by atoms with E-state index in [1.54, 1.807) is 52.0 Å². The molecule has 0 radical (unpaired) electrons. The fourth-order valence-electron chi connectivity index (χ4n) is 6.58. The van der Waals surface area contributed by atoms with E-state index in [0.717, 1.165) is 22.3 Å². The molecule has 61 heavy (non-hydrogen) atoms. The highest BCUT2D eigenvalue weighted by Gasteiger charge is 2.32. The highest BCUT2D eigenvalue weighted by molar-refractivity contribution is 6.25. The largest absolute Gasteiger partial charge is 0.461 e. The Bertz CT molecular complexity index is 2060. The van der Waals surface area contributed by atoms with E-state index in [0.29, 0.717) is 17.5 Å². The van der Waals surface area contributed by atoms with Crippen LogP contribution in [0, 0.1) is 5.92 Å². The van der Waals surface area contributed by atoms with Crippen LogP contribution >= 0.6 is 0 Å². The molecule has 18 heteroatoms. The van der Waals surface area contributed by atoms with Gasteiger partial charge in [0.15, 0.2) is 0 Å². The molecule has 0 unspecified atom stereocenters. The van der Waals surface area contributed by atoms with E-state index in [9.17, 15) is 33.6 Å². The van der Waals surface area contributed by atoms with E-state index in [4.69, 9.17) is 25.5 Å². The zero-order chi connectivity index (χ0) is 44.5. The Morgan fingerprint density at radius 3 is 1.98 bits per heavy atom. The van der Waals surface area contributed by atoms with Gasteiger partial charge >= 0.3 is 30.4 Å². The van der Waals surface area contributed by atoms with Crippen molar-refractivity contribution in [3.05, 3.63) is 95.0 Å². The Balaban J connectivity index is 1.34. The first-order chi connectivity index (χ1) is 29.2. The maximum atomic E-state index is 13.7. The number of alkyl carbamates (subject to hydrolysis) is 2. The van der Waals surface area contributed by atoms with Gasteiger partial charge in [0, 0.05) is 24.6 Å². The summed E-state index contributed by atoms with van der Waals surface area (Å²) < 4.78 is 16.1. The number of ether oxygens (including phenoxy) is 3. The van der Waals surface area contributed by atoms with E-state index in [-0.39, 0.29) is 51.4 Å². The first-order valence-electron chi connectivity index (χ1n) is 19.9. The summed E-state index contributed by atoms with van der Waals surface area (Å²) in [4.78, 5) is 91.2. The Morgan fingerprint density at radius 2 is 1.39 bits per heavy atom. The van der Waals surface area contributed by atoms with Crippen molar-refractivity contribution in [1.82, 2.24) is 21.3 Å². The van der Waals surface area contributed by atoms with Gasteiger partial charge in [-0.05, 0) is 79.0 Å². The number of anilines is 1. The van der Waals surface area contributed by atoms with Gasteiger partial charge in [0.2, 0.25) is 17.6 Å². The molecule has 3 aromatic carbocycles. The molecule has 4 rings (SSSR count). The number of nitrogens with one attached hydrogen (secondary N) is 5. The van der Waals surface area contributed by atoms with Crippen molar-refractivity contribution in [3.63, 3.8) is 0 Å². The number of ketones is 1. The minimum Gasteiger partial charge on any atom is -0.461 e. The summed E-state index contributed by atoms with van der Waals surface area (Å²) in [6.45, 7) is 6.70. The van der Waals surface area contributed by atoms with Crippen LogP contribution in [-0.4, -0.2) is 90.2 Å². The predicted molar refractivity (Wildman–Crippen MR) is 223 cm³/mol. The van der Waals surface area contributed by atoms with Crippen LogP contribution in [0.4, 0.5) is 20.1 Å². The smallest absolute Gasteiger partial charge is 0.408 e. The van der Waals surface area contributed by atoms with Crippen LogP contribution in [0.3, 0.4) is 0 Å². The average Bonchev–Trinajstić information content (AvgIpc) is 3.54. The Morgan fingerprint density at radius 1 is 0.770 bits per heavy atom. The van der Waals surface area contributed by atoms with Crippen molar-refractivity contribution >= 4 is 53.7 Å². The number of hydrogen-bond donors (Lipinski definition) is 6. The number of primary amides is 1. The highest BCUT2D eigenvalue weighted by atomic mass is 16.6. The van der Waals surface area contributed by atoms with Crippen molar-refractivity contribution in [3.8, 4) is 11.1 Å². The zero-order valence-corrected chi connectivity index (χ0v) is 34.5.